The molecule has 5 aliphatic rings. The number of fused-ring (bicyclic) bond motifs is 7. The van der Waals surface area contributed by atoms with E-state index in [4.69, 9.17) is 20.4 Å². The topological polar surface area (TPSA) is 125 Å². The number of nitrogens with one attached hydrogen (secondary N) is 1. The van der Waals surface area contributed by atoms with Gasteiger partial charge in [-0.3, -0.25) is 14.9 Å². The third-order valence-electron chi connectivity index (χ3n) is 11.1. The van der Waals surface area contributed by atoms with E-state index in [0.717, 1.165) is 57.0 Å². The fourth-order valence-electron chi connectivity index (χ4n) is 9.04. The first kappa shape index (κ1) is 29.6. The van der Waals surface area contributed by atoms with E-state index in [0.29, 0.717) is 36.9 Å². The van der Waals surface area contributed by atoms with E-state index in [1.54, 1.807) is 6.20 Å². The van der Waals surface area contributed by atoms with Crippen molar-refractivity contribution in [2.24, 2.45) is 16.6 Å². The van der Waals surface area contributed by atoms with Gasteiger partial charge in [0, 0.05) is 60.0 Å². The molecule has 2 aromatic carbocycles. The Bertz CT molecular complexity index is 2030. The van der Waals surface area contributed by atoms with Gasteiger partial charge < -0.3 is 25.8 Å². The molecule has 2 aromatic heterocycles. The quantitative estimate of drug-likeness (QED) is 0.276. The van der Waals surface area contributed by atoms with Crippen LogP contribution in [0.5, 0.6) is 11.8 Å². The number of hydrogen-bond acceptors (Lipinski definition) is 10. The molecular formula is C35H35F3N8O2. The van der Waals surface area contributed by atoms with E-state index >= 15 is 8.78 Å². The number of halogens is 3. The second-order valence-electron chi connectivity index (χ2n) is 13.8. The van der Waals surface area contributed by atoms with Gasteiger partial charge in [-0.1, -0.05) is 6.07 Å². The molecular weight excluding hydrogens is 621 g/mol. The second-order valence-corrected chi connectivity index (χ2v) is 13.8. The van der Waals surface area contributed by atoms with Gasteiger partial charge in [0.25, 0.3) is 0 Å². The summed E-state index contributed by atoms with van der Waals surface area (Å²) in [5.41, 5.74) is 6.14. The van der Waals surface area contributed by atoms with Crippen LogP contribution in [0.15, 0.2) is 47.7 Å². The maximum absolute atomic E-state index is 16.8. The molecule has 9 rings (SSSR count). The number of phenols is 1. The lowest BCUT2D eigenvalue weighted by Crippen LogP contribution is -2.51. The average Bonchev–Trinajstić information content (AvgIpc) is 3.83. The zero-order chi connectivity index (χ0) is 32.7. The average molecular weight is 657 g/mol. The van der Waals surface area contributed by atoms with Gasteiger partial charge in [-0.25, -0.2) is 13.2 Å². The van der Waals surface area contributed by atoms with Gasteiger partial charge in [-0.2, -0.15) is 9.97 Å². The number of aromatic nitrogens is 3. The highest BCUT2D eigenvalue weighted by Crippen LogP contribution is 2.48. The zero-order valence-corrected chi connectivity index (χ0v) is 26.2. The molecule has 0 saturated carbocycles. The van der Waals surface area contributed by atoms with E-state index in [1.807, 2.05) is 6.08 Å². The number of rotatable bonds is 6. The van der Waals surface area contributed by atoms with Crippen LogP contribution in [-0.2, 0) is 0 Å². The Hall–Kier alpha value is -4.49. The van der Waals surface area contributed by atoms with Crippen molar-refractivity contribution in [2.75, 3.05) is 37.7 Å². The molecule has 48 heavy (non-hydrogen) atoms. The Kier molecular flexibility index (Phi) is 6.81. The number of nitrogens with zero attached hydrogens (tertiary/aromatic N) is 6. The molecule has 4 N–H and O–H groups in total. The van der Waals surface area contributed by atoms with E-state index in [1.165, 1.54) is 24.4 Å². The van der Waals surface area contributed by atoms with Crippen LogP contribution >= 0.6 is 0 Å². The summed E-state index contributed by atoms with van der Waals surface area (Å²) in [7, 11) is 0. The van der Waals surface area contributed by atoms with Crippen molar-refractivity contribution in [3.05, 3.63) is 60.2 Å². The fraction of sp³-hybridized carbons (Fsp3) is 0.429. The Morgan fingerprint density at radius 2 is 1.94 bits per heavy atom. The van der Waals surface area contributed by atoms with Crippen molar-refractivity contribution in [1.82, 2.24) is 25.2 Å². The molecule has 4 saturated heterocycles. The minimum atomic E-state index is -1.15. The molecule has 7 heterocycles. The first-order chi connectivity index (χ1) is 23.3. The van der Waals surface area contributed by atoms with Crippen molar-refractivity contribution in [1.29, 1.82) is 0 Å². The standard InChI is InChI=1S/C35H35F3N8O2/c36-25-5-2-18-10-21(47)11-22(28(18)29(25)37)31-30(38)32-24(13-41-31)33(45-15-19-3-4-20(16-45)42-19)44-34(43-32)48-17-35-7-1-9-46(35)27-14-40-26(6-8-39)23(27)12-35/h2,5-6,8,10-11,13,19-20,23,27,42,47H,1,3-4,7,9,12,14-17,39H2/b8-6-. The molecule has 5 aliphatic heterocycles. The number of allylic oxidation sites excluding steroid dienone is 1. The van der Waals surface area contributed by atoms with E-state index in [2.05, 4.69) is 25.1 Å². The van der Waals surface area contributed by atoms with Crippen LogP contribution in [0.3, 0.4) is 0 Å². The molecule has 13 heteroatoms. The summed E-state index contributed by atoms with van der Waals surface area (Å²) >= 11 is 0. The van der Waals surface area contributed by atoms with Crippen molar-refractivity contribution >= 4 is 33.2 Å². The molecule has 0 amide bonds. The maximum Gasteiger partial charge on any atom is 0.319 e. The lowest BCUT2D eigenvalue weighted by Gasteiger charge is -2.35. The number of phenolic OH excluding ortho intramolecular Hbond substituents is 1. The maximum atomic E-state index is 16.8. The van der Waals surface area contributed by atoms with E-state index < -0.39 is 17.5 Å². The number of hydrogen-bond donors (Lipinski definition) is 3. The zero-order valence-electron chi connectivity index (χ0n) is 26.2. The Balaban J connectivity index is 1.14. The number of aromatic hydroxyl groups is 1. The second kappa shape index (κ2) is 11.0. The van der Waals surface area contributed by atoms with Crippen molar-refractivity contribution < 1.29 is 23.0 Å². The molecule has 5 unspecified atom stereocenters. The van der Waals surface area contributed by atoms with Crippen LogP contribution in [0, 0.1) is 23.4 Å². The van der Waals surface area contributed by atoms with Crippen LogP contribution in [-0.4, -0.2) is 87.1 Å². The van der Waals surface area contributed by atoms with E-state index in [9.17, 15) is 9.50 Å². The molecule has 0 radical (unpaired) electrons. The SMILES string of the molecule is N/C=C\C1=NCC2C1CC1(COc3nc(N4CC5CCC(C4)N5)c4cnc(-c5cc(O)cc6ccc(F)c(F)c56)c(F)c4n3)CCCN21. The molecule has 5 atom stereocenters. The largest absolute Gasteiger partial charge is 0.508 e. The number of benzene rings is 2. The lowest BCUT2D eigenvalue weighted by atomic mass is 9.87. The summed E-state index contributed by atoms with van der Waals surface area (Å²) in [5, 5.41) is 14.5. The van der Waals surface area contributed by atoms with Crippen molar-refractivity contribution in [3.8, 4) is 23.0 Å². The predicted molar refractivity (Wildman–Crippen MR) is 176 cm³/mol. The first-order valence-electron chi connectivity index (χ1n) is 16.6. The summed E-state index contributed by atoms with van der Waals surface area (Å²) < 4.78 is 52.8. The van der Waals surface area contributed by atoms with Gasteiger partial charge in [0.15, 0.2) is 17.5 Å². The summed E-state index contributed by atoms with van der Waals surface area (Å²) in [5.74, 6) is -2.50. The highest BCUT2D eigenvalue weighted by Gasteiger charge is 2.56. The molecule has 2 bridgehead atoms. The number of pyridine rings is 1. The number of aliphatic imine (C=N–C) groups is 1. The summed E-state index contributed by atoms with van der Waals surface area (Å²) in [6.45, 7) is 3.38. The normalized spacial score (nSPS) is 28.1. The monoisotopic (exact) mass is 656 g/mol. The van der Waals surface area contributed by atoms with Crippen LogP contribution in [0.25, 0.3) is 32.9 Å². The van der Waals surface area contributed by atoms with Gasteiger partial charge in [-0.05, 0) is 74.5 Å². The van der Waals surface area contributed by atoms with Crippen LogP contribution in [0.4, 0.5) is 19.0 Å². The summed E-state index contributed by atoms with van der Waals surface area (Å²) in [6.07, 6.45) is 9.87. The Labute approximate surface area is 274 Å². The molecule has 0 spiro atoms. The third kappa shape index (κ3) is 4.54. The minimum absolute atomic E-state index is 0.0363. The fourth-order valence-corrected chi connectivity index (χ4v) is 9.04. The third-order valence-corrected chi connectivity index (χ3v) is 11.1. The highest BCUT2D eigenvalue weighted by atomic mass is 19.2. The number of nitrogens with two attached hydrogens (primary N) is 1. The minimum Gasteiger partial charge on any atom is -0.508 e. The summed E-state index contributed by atoms with van der Waals surface area (Å²) in [6, 6.07) is 5.71. The highest BCUT2D eigenvalue weighted by molar-refractivity contribution is 6.00. The summed E-state index contributed by atoms with van der Waals surface area (Å²) in [4.78, 5) is 23.3. The molecule has 0 aliphatic carbocycles. The van der Waals surface area contributed by atoms with Gasteiger partial charge in [0.05, 0.1) is 17.5 Å². The van der Waals surface area contributed by atoms with Crippen molar-refractivity contribution in [3.63, 3.8) is 0 Å². The predicted octanol–water partition coefficient (Wildman–Crippen LogP) is 4.44. The van der Waals surface area contributed by atoms with Gasteiger partial charge in [-0.15, -0.1) is 0 Å². The van der Waals surface area contributed by atoms with E-state index in [-0.39, 0.29) is 62.8 Å². The van der Waals surface area contributed by atoms with Crippen LogP contribution < -0.4 is 20.7 Å². The molecule has 248 valence electrons. The van der Waals surface area contributed by atoms with Crippen LogP contribution in [0.2, 0.25) is 0 Å². The molecule has 4 aromatic rings. The number of ether oxygens (including phenoxy) is 1. The van der Waals surface area contributed by atoms with Gasteiger partial charge >= 0.3 is 6.01 Å². The molecule has 4 fully saturated rings. The van der Waals surface area contributed by atoms with Crippen molar-refractivity contribution in [2.45, 2.75) is 55.8 Å². The van der Waals surface area contributed by atoms with Crippen LogP contribution in [0.1, 0.15) is 32.1 Å². The Morgan fingerprint density at radius 1 is 1.10 bits per heavy atom. The number of piperazine rings is 1. The Morgan fingerprint density at radius 3 is 2.75 bits per heavy atom. The lowest BCUT2D eigenvalue weighted by molar-refractivity contribution is 0.0869. The van der Waals surface area contributed by atoms with Gasteiger partial charge in [0.2, 0.25) is 0 Å². The van der Waals surface area contributed by atoms with Gasteiger partial charge in [0.1, 0.15) is 29.4 Å². The smallest absolute Gasteiger partial charge is 0.319 e. The first-order valence-corrected chi connectivity index (χ1v) is 16.6. The number of anilines is 1. The molecule has 10 nitrogen and oxygen atoms in total.